The van der Waals surface area contributed by atoms with Gasteiger partial charge in [0.25, 0.3) is 0 Å². The summed E-state index contributed by atoms with van der Waals surface area (Å²) >= 11 is 0. The summed E-state index contributed by atoms with van der Waals surface area (Å²) in [7, 11) is -0.607. The van der Waals surface area contributed by atoms with Crippen molar-refractivity contribution in [3.05, 3.63) is 66.2 Å². The van der Waals surface area contributed by atoms with Crippen LogP contribution in [0.15, 0.2) is 60.7 Å². The molecule has 0 saturated carbocycles. The number of carbonyl (C=O) groups excluding carboxylic acids is 1. The Bertz CT molecular complexity index is 541. The van der Waals surface area contributed by atoms with Gasteiger partial charge in [-0.15, -0.1) is 0 Å². The molecule has 1 saturated heterocycles. The third-order valence-electron chi connectivity index (χ3n) is 2.87. The molecule has 0 aliphatic carbocycles. The second-order valence-electron chi connectivity index (χ2n) is 4.11. The van der Waals surface area contributed by atoms with Crippen LogP contribution >= 0.6 is 0 Å². The first-order valence-electron chi connectivity index (χ1n) is 5.80. The standard InChI is InChI=1S/C14H11BO3/c16-14-13(11-7-3-1-4-8-11)17-15(18-14)12-9-5-2-6-10-12/h1-10,13H. The van der Waals surface area contributed by atoms with Crippen LogP contribution in [-0.2, 0) is 14.1 Å². The van der Waals surface area contributed by atoms with Crippen molar-refractivity contribution >= 4 is 18.6 Å². The number of carbonyl (C=O) groups is 1. The Hall–Kier alpha value is -2.07. The van der Waals surface area contributed by atoms with E-state index in [1.54, 1.807) is 0 Å². The topological polar surface area (TPSA) is 35.5 Å². The van der Waals surface area contributed by atoms with Crippen molar-refractivity contribution in [3.63, 3.8) is 0 Å². The molecule has 1 unspecified atom stereocenters. The molecule has 0 spiro atoms. The molecule has 1 heterocycles. The molecule has 1 fully saturated rings. The van der Waals surface area contributed by atoms with Crippen LogP contribution in [0.1, 0.15) is 11.7 Å². The Morgan fingerprint density at radius 1 is 0.889 bits per heavy atom. The lowest BCUT2D eigenvalue weighted by atomic mass is 9.79. The molecule has 18 heavy (non-hydrogen) atoms. The molecule has 0 aromatic heterocycles. The fourth-order valence-corrected chi connectivity index (χ4v) is 1.97. The van der Waals surface area contributed by atoms with Crippen molar-refractivity contribution in [2.75, 3.05) is 0 Å². The lowest BCUT2D eigenvalue weighted by Crippen LogP contribution is -2.31. The summed E-state index contributed by atoms with van der Waals surface area (Å²) in [5, 5.41) is 0. The molecule has 2 aromatic carbocycles. The van der Waals surface area contributed by atoms with Gasteiger partial charge in [0.2, 0.25) is 0 Å². The third kappa shape index (κ3) is 2.02. The summed E-state index contributed by atoms with van der Waals surface area (Å²) in [6.07, 6.45) is -0.628. The summed E-state index contributed by atoms with van der Waals surface area (Å²) in [6.45, 7) is 0. The van der Waals surface area contributed by atoms with Crippen LogP contribution in [0.25, 0.3) is 0 Å². The van der Waals surface area contributed by atoms with E-state index in [1.165, 1.54) is 0 Å². The zero-order valence-corrected chi connectivity index (χ0v) is 9.65. The average Bonchev–Trinajstić information content (AvgIpc) is 2.83. The molecule has 88 valence electrons. The van der Waals surface area contributed by atoms with Crippen LogP contribution in [0.3, 0.4) is 0 Å². The maximum absolute atomic E-state index is 11.8. The number of hydrogen-bond donors (Lipinski definition) is 0. The van der Waals surface area contributed by atoms with Gasteiger partial charge in [0.15, 0.2) is 6.10 Å². The fourth-order valence-electron chi connectivity index (χ4n) is 1.97. The Morgan fingerprint density at radius 2 is 1.50 bits per heavy atom. The first-order chi connectivity index (χ1) is 8.84. The van der Waals surface area contributed by atoms with E-state index in [2.05, 4.69) is 0 Å². The minimum atomic E-state index is -0.628. The molecule has 2 aromatic rings. The normalized spacial score (nSPS) is 18.8. The predicted octanol–water partition coefficient (Wildman–Crippen LogP) is 1.70. The summed E-state index contributed by atoms with van der Waals surface area (Å²) < 4.78 is 10.9. The number of hydrogen-bond acceptors (Lipinski definition) is 3. The van der Waals surface area contributed by atoms with Gasteiger partial charge in [-0.05, 0) is 11.0 Å². The molecule has 0 radical (unpaired) electrons. The SMILES string of the molecule is O=C1OB(c2ccccc2)OC1c1ccccc1. The van der Waals surface area contributed by atoms with Crippen LogP contribution in [0.5, 0.6) is 0 Å². The van der Waals surface area contributed by atoms with Crippen molar-refractivity contribution in [2.45, 2.75) is 6.10 Å². The lowest BCUT2D eigenvalue weighted by molar-refractivity contribution is -0.136. The Morgan fingerprint density at radius 3 is 2.17 bits per heavy atom. The highest BCUT2D eigenvalue weighted by atomic mass is 16.7. The van der Waals surface area contributed by atoms with Crippen LogP contribution in [0.2, 0.25) is 0 Å². The van der Waals surface area contributed by atoms with Gasteiger partial charge < -0.3 is 9.31 Å². The molecular formula is C14H11BO3. The molecule has 4 heteroatoms. The molecule has 3 rings (SSSR count). The Balaban J connectivity index is 1.83. The van der Waals surface area contributed by atoms with Gasteiger partial charge in [0.1, 0.15) is 0 Å². The molecule has 1 aliphatic rings. The lowest BCUT2D eigenvalue weighted by Gasteiger charge is -2.06. The van der Waals surface area contributed by atoms with E-state index in [4.69, 9.17) is 9.31 Å². The second kappa shape index (κ2) is 4.66. The minimum absolute atomic E-state index is 0.338. The quantitative estimate of drug-likeness (QED) is 0.747. The van der Waals surface area contributed by atoms with E-state index in [9.17, 15) is 4.79 Å². The second-order valence-corrected chi connectivity index (χ2v) is 4.11. The van der Waals surface area contributed by atoms with Gasteiger partial charge in [0, 0.05) is 0 Å². The van der Waals surface area contributed by atoms with E-state index in [-0.39, 0.29) is 5.97 Å². The minimum Gasteiger partial charge on any atom is -0.504 e. The highest BCUT2D eigenvalue weighted by Crippen LogP contribution is 2.25. The van der Waals surface area contributed by atoms with Crippen molar-refractivity contribution < 1.29 is 14.1 Å². The summed E-state index contributed by atoms with van der Waals surface area (Å²) in [6, 6.07) is 18.8. The van der Waals surface area contributed by atoms with Crippen LogP contribution in [0, 0.1) is 0 Å². The third-order valence-corrected chi connectivity index (χ3v) is 2.87. The van der Waals surface area contributed by atoms with Crippen molar-refractivity contribution in [1.29, 1.82) is 0 Å². The monoisotopic (exact) mass is 238 g/mol. The van der Waals surface area contributed by atoms with Gasteiger partial charge in [0.05, 0.1) is 0 Å². The number of rotatable bonds is 2. The molecule has 0 N–H and O–H groups in total. The largest absolute Gasteiger partial charge is 0.565 e. The zero-order valence-electron chi connectivity index (χ0n) is 9.65. The summed E-state index contributed by atoms with van der Waals surface area (Å²) in [5.41, 5.74) is 1.67. The first-order valence-corrected chi connectivity index (χ1v) is 5.80. The van der Waals surface area contributed by atoms with Crippen LogP contribution in [0.4, 0.5) is 0 Å². The van der Waals surface area contributed by atoms with E-state index < -0.39 is 13.2 Å². The summed E-state index contributed by atoms with van der Waals surface area (Å²) in [4.78, 5) is 11.8. The number of benzene rings is 2. The first kappa shape index (κ1) is 11.0. The van der Waals surface area contributed by atoms with Crippen molar-refractivity contribution in [3.8, 4) is 0 Å². The molecule has 0 bridgehead atoms. The van der Waals surface area contributed by atoms with Gasteiger partial charge in [-0.3, -0.25) is 4.79 Å². The van der Waals surface area contributed by atoms with E-state index in [0.29, 0.717) is 0 Å². The van der Waals surface area contributed by atoms with Gasteiger partial charge in [-0.1, -0.05) is 60.7 Å². The molecule has 3 nitrogen and oxygen atoms in total. The van der Waals surface area contributed by atoms with Crippen LogP contribution in [-0.4, -0.2) is 13.1 Å². The van der Waals surface area contributed by atoms with E-state index in [0.717, 1.165) is 11.0 Å². The van der Waals surface area contributed by atoms with Gasteiger partial charge >= 0.3 is 13.1 Å². The molecule has 1 atom stereocenters. The maximum Gasteiger partial charge on any atom is 0.565 e. The summed E-state index contributed by atoms with van der Waals surface area (Å²) in [5.74, 6) is -0.338. The Kier molecular flexibility index (Phi) is 2.86. The molecular weight excluding hydrogens is 227 g/mol. The average molecular weight is 238 g/mol. The smallest absolute Gasteiger partial charge is 0.504 e. The highest BCUT2D eigenvalue weighted by molar-refractivity contribution is 6.64. The van der Waals surface area contributed by atoms with Crippen LogP contribution < -0.4 is 5.46 Å². The molecule has 1 aliphatic heterocycles. The molecule has 0 amide bonds. The predicted molar refractivity (Wildman–Crippen MR) is 68.2 cm³/mol. The van der Waals surface area contributed by atoms with Crippen molar-refractivity contribution in [1.82, 2.24) is 0 Å². The van der Waals surface area contributed by atoms with Gasteiger partial charge in [-0.25, -0.2) is 0 Å². The van der Waals surface area contributed by atoms with Crippen molar-refractivity contribution in [2.24, 2.45) is 0 Å². The van der Waals surface area contributed by atoms with E-state index >= 15 is 0 Å². The van der Waals surface area contributed by atoms with E-state index in [1.807, 2.05) is 60.7 Å². The zero-order chi connectivity index (χ0) is 12.4. The highest BCUT2D eigenvalue weighted by Gasteiger charge is 2.41. The maximum atomic E-state index is 11.8. The fraction of sp³-hybridized carbons (Fsp3) is 0.0714. The van der Waals surface area contributed by atoms with Gasteiger partial charge in [-0.2, -0.15) is 0 Å². The Labute approximate surface area is 105 Å².